The summed E-state index contributed by atoms with van der Waals surface area (Å²) in [5, 5.41) is 12.5. The highest BCUT2D eigenvalue weighted by Gasteiger charge is 2.10. The number of hydrogen-bond acceptors (Lipinski definition) is 4. The maximum Gasteiger partial charge on any atom is 0.157 e. The van der Waals surface area contributed by atoms with E-state index in [-0.39, 0.29) is 0 Å². The molecule has 4 aromatic rings. The molecule has 5 nitrogen and oxygen atoms in total. The summed E-state index contributed by atoms with van der Waals surface area (Å²) in [5.41, 5.74) is 3.99. The van der Waals surface area contributed by atoms with Crippen LogP contribution in [0.5, 0.6) is 0 Å². The van der Waals surface area contributed by atoms with Crippen molar-refractivity contribution in [2.24, 2.45) is 0 Å². The van der Waals surface area contributed by atoms with Gasteiger partial charge in [0.25, 0.3) is 0 Å². The number of benzene rings is 2. The number of hydrogen-bond donors (Lipinski definition) is 1. The van der Waals surface area contributed by atoms with Gasteiger partial charge in [-0.1, -0.05) is 42.5 Å². The van der Waals surface area contributed by atoms with Crippen molar-refractivity contribution in [2.75, 3.05) is 5.32 Å². The van der Waals surface area contributed by atoms with Gasteiger partial charge < -0.3 is 9.72 Å². The first-order valence-electron chi connectivity index (χ1n) is 7.49. The van der Waals surface area contributed by atoms with Gasteiger partial charge in [0, 0.05) is 11.8 Å². The Kier molecular flexibility index (Phi) is 3.41. The standard InChI is InChI=1S/C19H13N5/c20-10-15-8-4-5-9-16(15)22-19-18-11-21-13-24(18)12-17(23-19)14-6-2-1-3-7-14/h1-9,11-13H,(H,22,23). The third-order valence-electron chi connectivity index (χ3n) is 3.77. The van der Waals surface area contributed by atoms with Crippen LogP contribution in [0, 0.1) is 11.3 Å². The Hall–Kier alpha value is -3.65. The highest BCUT2D eigenvalue weighted by Crippen LogP contribution is 2.26. The molecule has 0 saturated heterocycles. The normalized spacial score (nSPS) is 10.5. The largest absolute Gasteiger partial charge is 0.337 e. The second-order valence-electron chi connectivity index (χ2n) is 5.31. The maximum atomic E-state index is 9.27. The number of aromatic nitrogens is 3. The first-order chi connectivity index (χ1) is 11.8. The van der Waals surface area contributed by atoms with Crippen LogP contribution in [-0.4, -0.2) is 14.4 Å². The van der Waals surface area contributed by atoms with Gasteiger partial charge in [-0.25, -0.2) is 9.97 Å². The maximum absolute atomic E-state index is 9.27. The van der Waals surface area contributed by atoms with Crippen molar-refractivity contribution >= 4 is 17.0 Å². The van der Waals surface area contributed by atoms with Crippen molar-refractivity contribution in [3.05, 3.63) is 78.9 Å². The quantitative estimate of drug-likeness (QED) is 0.621. The molecule has 114 valence electrons. The first kappa shape index (κ1) is 14.0. The van der Waals surface area contributed by atoms with Gasteiger partial charge in [0.05, 0.1) is 29.5 Å². The van der Waals surface area contributed by atoms with Crippen molar-refractivity contribution < 1.29 is 0 Å². The zero-order valence-corrected chi connectivity index (χ0v) is 12.7. The molecule has 4 rings (SSSR count). The van der Waals surface area contributed by atoms with Crippen molar-refractivity contribution in [2.45, 2.75) is 0 Å². The Morgan fingerprint density at radius 2 is 1.79 bits per heavy atom. The molecular weight excluding hydrogens is 298 g/mol. The van der Waals surface area contributed by atoms with E-state index in [1.54, 1.807) is 18.6 Å². The van der Waals surface area contributed by atoms with Gasteiger partial charge in [0.15, 0.2) is 5.82 Å². The lowest BCUT2D eigenvalue weighted by molar-refractivity contribution is 1.12. The van der Waals surface area contributed by atoms with E-state index < -0.39 is 0 Å². The summed E-state index contributed by atoms with van der Waals surface area (Å²) in [7, 11) is 0. The summed E-state index contributed by atoms with van der Waals surface area (Å²) < 4.78 is 1.92. The molecule has 0 aliphatic heterocycles. The summed E-state index contributed by atoms with van der Waals surface area (Å²) in [6.07, 6.45) is 5.43. The highest BCUT2D eigenvalue weighted by atomic mass is 15.1. The van der Waals surface area contributed by atoms with Gasteiger partial charge in [0.2, 0.25) is 0 Å². The molecule has 2 aromatic heterocycles. The molecular formula is C19H13N5. The minimum atomic E-state index is 0.571. The molecule has 2 heterocycles. The molecule has 0 fully saturated rings. The summed E-state index contributed by atoms with van der Waals surface area (Å²) >= 11 is 0. The molecule has 0 aliphatic carbocycles. The van der Waals surface area contributed by atoms with E-state index in [0.717, 1.165) is 22.5 Å². The number of nitrogens with one attached hydrogen (secondary N) is 1. The lowest BCUT2D eigenvalue weighted by Gasteiger charge is -2.11. The van der Waals surface area contributed by atoms with Crippen molar-refractivity contribution in [1.82, 2.24) is 14.4 Å². The van der Waals surface area contributed by atoms with E-state index in [0.29, 0.717) is 11.4 Å². The van der Waals surface area contributed by atoms with E-state index in [1.807, 2.05) is 59.1 Å². The first-order valence-corrected chi connectivity index (χ1v) is 7.49. The average Bonchev–Trinajstić information content (AvgIpc) is 3.12. The molecule has 0 amide bonds. The Labute approximate surface area is 138 Å². The summed E-state index contributed by atoms with van der Waals surface area (Å²) in [5.74, 6) is 0.663. The minimum absolute atomic E-state index is 0.571. The zero-order valence-electron chi connectivity index (χ0n) is 12.7. The van der Waals surface area contributed by atoms with Gasteiger partial charge >= 0.3 is 0 Å². The van der Waals surface area contributed by atoms with Crippen LogP contribution in [0.1, 0.15) is 5.56 Å². The average molecular weight is 311 g/mol. The second kappa shape index (κ2) is 5.86. The summed E-state index contributed by atoms with van der Waals surface area (Å²) in [6, 6.07) is 19.5. The van der Waals surface area contributed by atoms with Gasteiger partial charge in [-0.3, -0.25) is 0 Å². The lowest BCUT2D eigenvalue weighted by atomic mass is 10.1. The van der Waals surface area contributed by atoms with Crippen molar-refractivity contribution in [3.63, 3.8) is 0 Å². The van der Waals surface area contributed by atoms with Gasteiger partial charge in [-0.2, -0.15) is 5.26 Å². The fraction of sp³-hybridized carbons (Fsp3) is 0. The van der Waals surface area contributed by atoms with Gasteiger partial charge in [-0.05, 0) is 12.1 Å². The number of fused-ring (bicyclic) bond motifs is 1. The fourth-order valence-electron chi connectivity index (χ4n) is 2.59. The monoisotopic (exact) mass is 311 g/mol. The Bertz CT molecular complexity index is 1040. The van der Waals surface area contributed by atoms with Crippen molar-refractivity contribution in [3.8, 4) is 17.3 Å². The number of nitrogens with zero attached hydrogens (tertiary/aromatic N) is 4. The summed E-state index contributed by atoms with van der Waals surface area (Å²) in [4.78, 5) is 8.93. The molecule has 0 aliphatic rings. The fourth-order valence-corrected chi connectivity index (χ4v) is 2.59. The molecule has 0 unspecified atom stereocenters. The second-order valence-corrected chi connectivity index (χ2v) is 5.31. The molecule has 1 N–H and O–H groups in total. The van der Waals surface area contributed by atoms with Gasteiger partial charge in [-0.15, -0.1) is 0 Å². The molecule has 0 bridgehead atoms. The Balaban J connectivity index is 1.85. The van der Waals surface area contributed by atoms with Crippen molar-refractivity contribution in [1.29, 1.82) is 5.26 Å². The predicted octanol–water partition coefficient (Wildman–Crippen LogP) is 4.01. The third kappa shape index (κ3) is 2.46. The minimum Gasteiger partial charge on any atom is -0.337 e. The molecule has 2 aromatic carbocycles. The van der Waals surface area contributed by atoms with Crippen LogP contribution < -0.4 is 5.32 Å². The topological polar surface area (TPSA) is 66.0 Å². The molecule has 0 radical (unpaired) electrons. The van der Waals surface area contributed by atoms with Crippen LogP contribution in [0.25, 0.3) is 16.8 Å². The van der Waals surface area contributed by atoms with E-state index in [1.165, 1.54) is 0 Å². The summed E-state index contributed by atoms with van der Waals surface area (Å²) in [6.45, 7) is 0. The smallest absolute Gasteiger partial charge is 0.157 e. The molecule has 0 spiro atoms. The number of imidazole rings is 1. The number of rotatable bonds is 3. The SMILES string of the molecule is N#Cc1ccccc1Nc1nc(-c2ccccc2)cn2cncc12. The van der Waals surface area contributed by atoms with Crippen LogP contribution in [0.4, 0.5) is 11.5 Å². The van der Waals surface area contributed by atoms with E-state index in [9.17, 15) is 5.26 Å². The molecule has 0 atom stereocenters. The lowest BCUT2D eigenvalue weighted by Crippen LogP contribution is -2.00. The van der Waals surface area contributed by atoms with Crippen LogP contribution in [-0.2, 0) is 0 Å². The zero-order chi connectivity index (χ0) is 16.4. The highest BCUT2D eigenvalue weighted by molar-refractivity contribution is 5.77. The predicted molar refractivity (Wildman–Crippen MR) is 92.9 cm³/mol. The molecule has 24 heavy (non-hydrogen) atoms. The van der Waals surface area contributed by atoms with E-state index in [4.69, 9.17) is 4.98 Å². The van der Waals surface area contributed by atoms with Crippen LogP contribution >= 0.6 is 0 Å². The number of nitriles is 1. The van der Waals surface area contributed by atoms with Crippen LogP contribution in [0.2, 0.25) is 0 Å². The molecule has 5 heteroatoms. The van der Waals surface area contributed by atoms with Gasteiger partial charge in [0.1, 0.15) is 11.6 Å². The Morgan fingerprint density at radius 1 is 1.00 bits per heavy atom. The van der Waals surface area contributed by atoms with E-state index in [2.05, 4.69) is 16.4 Å². The number of para-hydroxylation sites is 1. The third-order valence-corrected chi connectivity index (χ3v) is 3.77. The Morgan fingerprint density at radius 3 is 2.62 bits per heavy atom. The number of anilines is 2. The van der Waals surface area contributed by atoms with E-state index >= 15 is 0 Å². The van der Waals surface area contributed by atoms with Crippen LogP contribution in [0.15, 0.2) is 73.3 Å². The molecule has 0 saturated carbocycles. The van der Waals surface area contributed by atoms with Crippen LogP contribution in [0.3, 0.4) is 0 Å².